The van der Waals surface area contributed by atoms with Gasteiger partial charge >= 0.3 is 0 Å². The molecule has 2 heterocycles. The molecule has 0 aromatic carbocycles. The lowest BCUT2D eigenvalue weighted by molar-refractivity contribution is 0.0731. The zero-order chi connectivity index (χ0) is 11.8. The molecule has 90 valence electrons. The van der Waals surface area contributed by atoms with Crippen molar-refractivity contribution in [3.05, 3.63) is 10.7 Å². The predicted molar refractivity (Wildman–Crippen MR) is 61.2 cm³/mol. The molecule has 1 aromatic heterocycles. The van der Waals surface area contributed by atoms with Crippen LogP contribution in [0.15, 0.2) is 4.21 Å². The second-order valence-corrected chi connectivity index (χ2v) is 6.96. The van der Waals surface area contributed by atoms with Gasteiger partial charge in [0, 0.05) is 13.1 Å². The minimum atomic E-state index is -3.36. The van der Waals surface area contributed by atoms with Crippen molar-refractivity contribution < 1.29 is 13.2 Å². The van der Waals surface area contributed by atoms with Crippen molar-refractivity contribution in [1.29, 1.82) is 0 Å². The summed E-state index contributed by atoms with van der Waals surface area (Å²) < 4.78 is 31.5. The molecule has 1 aliphatic heterocycles. The van der Waals surface area contributed by atoms with Gasteiger partial charge in [-0.15, -0.1) is 11.3 Å². The van der Waals surface area contributed by atoms with Crippen LogP contribution in [0.25, 0.3) is 0 Å². The van der Waals surface area contributed by atoms with E-state index in [0.29, 0.717) is 36.2 Å². The number of hydrogen-bond acceptors (Lipinski definition) is 5. The largest absolute Gasteiger partial charge is 0.379 e. The van der Waals surface area contributed by atoms with E-state index < -0.39 is 10.0 Å². The van der Waals surface area contributed by atoms with Gasteiger partial charge in [-0.05, 0) is 13.8 Å². The van der Waals surface area contributed by atoms with E-state index in [0.717, 1.165) is 5.01 Å². The van der Waals surface area contributed by atoms with Gasteiger partial charge in [-0.1, -0.05) is 0 Å². The maximum atomic E-state index is 12.3. The van der Waals surface area contributed by atoms with E-state index in [1.807, 2.05) is 6.92 Å². The molecule has 0 atom stereocenters. The third-order valence-electron chi connectivity index (χ3n) is 2.41. The molecule has 0 amide bonds. The fourth-order valence-corrected chi connectivity index (χ4v) is 4.68. The summed E-state index contributed by atoms with van der Waals surface area (Å²) in [6.07, 6.45) is 0. The predicted octanol–water partition coefficient (Wildman–Crippen LogP) is 0.781. The fourth-order valence-electron chi connectivity index (χ4n) is 1.66. The van der Waals surface area contributed by atoms with Crippen molar-refractivity contribution in [2.45, 2.75) is 18.1 Å². The van der Waals surface area contributed by atoms with Gasteiger partial charge < -0.3 is 4.74 Å². The highest BCUT2D eigenvalue weighted by atomic mass is 32.2. The first kappa shape index (κ1) is 12.0. The van der Waals surface area contributed by atoms with E-state index in [4.69, 9.17) is 4.74 Å². The van der Waals surface area contributed by atoms with Gasteiger partial charge in [0.25, 0.3) is 10.0 Å². The fraction of sp³-hybridized carbons (Fsp3) is 0.667. The van der Waals surface area contributed by atoms with E-state index in [9.17, 15) is 8.42 Å². The van der Waals surface area contributed by atoms with Crippen LogP contribution < -0.4 is 0 Å². The van der Waals surface area contributed by atoms with Crippen LogP contribution in [0.2, 0.25) is 0 Å². The maximum absolute atomic E-state index is 12.3. The molecule has 1 aliphatic rings. The first-order valence-electron chi connectivity index (χ1n) is 5.04. The number of aromatic nitrogens is 1. The van der Waals surface area contributed by atoms with Crippen LogP contribution in [0.4, 0.5) is 0 Å². The van der Waals surface area contributed by atoms with Crippen LogP contribution in [-0.4, -0.2) is 44.0 Å². The van der Waals surface area contributed by atoms with Crippen LogP contribution in [0.1, 0.15) is 10.7 Å². The SMILES string of the molecule is Cc1nc(C)c(S(=O)(=O)N2CCOCC2)s1. The van der Waals surface area contributed by atoms with E-state index in [-0.39, 0.29) is 0 Å². The average molecular weight is 262 g/mol. The van der Waals surface area contributed by atoms with Gasteiger partial charge in [-0.25, -0.2) is 13.4 Å². The summed E-state index contributed by atoms with van der Waals surface area (Å²) in [6, 6.07) is 0. The van der Waals surface area contributed by atoms with Gasteiger partial charge in [0.05, 0.1) is 23.9 Å². The number of rotatable bonds is 2. The number of ether oxygens (including phenoxy) is 1. The topological polar surface area (TPSA) is 59.5 Å². The molecule has 0 saturated carbocycles. The summed E-state index contributed by atoms with van der Waals surface area (Å²) >= 11 is 1.23. The van der Waals surface area contributed by atoms with Gasteiger partial charge in [0.1, 0.15) is 0 Å². The second-order valence-electron chi connectivity index (χ2n) is 3.62. The first-order valence-corrected chi connectivity index (χ1v) is 7.29. The molecule has 5 nitrogen and oxygen atoms in total. The molecule has 1 aromatic rings. The Hall–Kier alpha value is -0.500. The Labute approximate surface area is 99.1 Å². The molecular weight excluding hydrogens is 248 g/mol. The van der Waals surface area contributed by atoms with E-state index in [2.05, 4.69) is 4.98 Å². The molecule has 1 saturated heterocycles. The maximum Gasteiger partial charge on any atom is 0.254 e. The van der Waals surface area contributed by atoms with E-state index >= 15 is 0 Å². The molecular formula is C9H14N2O3S2. The third kappa shape index (κ3) is 2.13. The van der Waals surface area contributed by atoms with Crippen LogP contribution in [0, 0.1) is 13.8 Å². The number of sulfonamides is 1. The molecule has 1 fully saturated rings. The molecule has 0 unspecified atom stereocenters. The van der Waals surface area contributed by atoms with Gasteiger partial charge in [0.15, 0.2) is 4.21 Å². The third-order valence-corrected chi connectivity index (χ3v) is 5.96. The monoisotopic (exact) mass is 262 g/mol. The van der Waals surface area contributed by atoms with Crippen LogP contribution in [-0.2, 0) is 14.8 Å². The molecule has 0 bridgehead atoms. The van der Waals surface area contributed by atoms with Crippen molar-refractivity contribution in [2.75, 3.05) is 26.3 Å². The zero-order valence-electron chi connectivity index (χ0n) is 9.26. The van der Waals surface area contributed by atoms with E-state index in [1.54, 1.807) is 6.92 Å². The Morgan fingerprint density at radius 3 is 2.44 bits per heavy atom. The Morgan fingerprint density at radius 1 is 1.31 bits per heavy atom. The van der Waals surface area contributed by atoms with Gasteiger partial charge in [-0.3, -0.25) is 0 Å². The lowest BCUT2D eigenvalue weighted by atomic mass is 10.5. The summed E-state index contributed by atoms with van der Waals surface area (Å²) in [7, 11) is -3.36. The second kappa shape index (κ2) is 4.40. The van der Waals surface area contributed by atoms with Crippen molar-refractivity contribution in [2.24, 2.45) is 0 Å². The van der Waals surface area contributed by atoms with E-state index in [1.165, 1.54) is 15.6 Å². The highest BCUT2D eigenvalue weighted by Gasteiger charge is 2.29. The summed E-state index contributed by atoms with van der Waals surface area (Å²) in [6.45, 7) is 5.34. The lowest BCUT2D eigenvalue weighted by Gasteiger charge is -2.25. The number of hydrogen-bond donors (Lipinski definition) is 0. The van der Waals surface area contributed by atoms with Gasteiger partial charge in [-0.2, -0.15) is 4.31 Å². The highest BCUT2D eigenvalue weighted by Crippen LogP contribution is 2.26. The average Bonchev–Trinajstić information content (AvgIpc) is 2.60. The molecule has 0 aliphatic carbocycles. The highest BCUT2D eigenvalue weighted by molar-refractivity contribution is 7.91. The summed E-state index contributed by atoms with van der Waals surface area (Å²) in [5.74, 6) is 0. The van der Waals surface area contributed by atoms with Crippen molar-refractivity contribution in [3.8, 4) is 0 Å². The smallest absolute Gasteiger partial charge is 0.254 e. The van der Waals surface area contributed by atoms with Crippen molar-refractivity contribution in [1.82, 2.24) is 9.29 Å². The molecule has 0 N–H and O–H groups in total. The Balaban J connectivity index is 2.34. The minimum absolute atomic E-state index is 0.368. The summed E-state index contributed by atoms with van der Waals surface area (Å²) in [5, 5.41) is 0.782. The summed E-state index contributed by atoms with van der Waals surface area (Å²) in [5.41, 5.74) is 0.592. The lowest BCUT2D eigenvalue weighted by Crippen LogP contribution is -2.40. The molecule has 0 radical (unpaired) electrons. The standard InChI is InChI=1S/C9H14N2O3S2/c1-7-9(15-8(2)10-7)16(12,13)11-3-5-14-6-4-11/h3-6H2,1-2H3. The summed E-state index contributed by atoms with van der Waals surface area (Å²) in [4.78, 5) is 4.15. The Morgan fingerprint density at radius 2 is 1.94 bits per heavy atom. The number of nitrogens with zero attached hydrogens (tertiary/aromatic N) is 2. The van der Waals surface area contributed by atoms with Gasteiger partial charge in [0.2, 0.25) is 0 Å². The first-order chi connectivity index (χ1) is 7.51. The number of morpholine rings is 1. The Kier molecular flexibility index (Phi) is 3.29. The van der Waals surface area contributed by atoms with Crippen molar-refractivity contribution in [3.63, 3.8) is 0 Å². The van der Waals surface area contributed by atoms with Crippen LogP contribution in [0.5, 0.6) is 0 Å². The quantitative estimate of drug-likeness (QED) is 0.790. The zero-order valence-corrected chi connectivity index (χ0v) is 10.9. The van der Waals surface area contributed by atoms with Crippen molar-refractivity contribution >= 4 is 21.4 Å². The molecule has 7 heteroatoms. The normalized spacial score (nSPS) is 18.9. The molecule has 16 heavy (non-hydrogen) atoms. The Bertz CT molecular complexity index is 475. The molecule has 0 spiro atoms. The van der Waals surface area contributed by atoms with Crippen LogP contribution >= 0.6 is 11.3 Å². The number of thiazole rings is 1. The molecule has 2 rings (SSSR count). The van der Waals surface area contributed by atoms with Crippen LogP contribution in [0.3, 0.4) is 0 Å². The number of aryl methyl sites for hydroxylation is 2. The minimum Gasteiger partial charge on any atom is -0.379 e.